The van der Waals surface area contributed by atoms with Crippen LogP contribution in [0.5, 0.6) is 0 Å². The fourth-order valence-electron chi connectivity index (χ4n) is 3.60. The van der Waals surface area contributed by atoms with Crippen LogP contribution >= 0.6 is 0 Å². The van der Waals surface area contributed by atoms with Gasteiger partial charge >= 0.3 is 0 Å². The molecule has 1 heterocycles. The summed E-state index contributed by atoms with van der Waals surface area (Å²) in [5, 5.41) is 0. The maximum atomic E-state index is 2.68. The van der Waals surface area contributed by atoms with Gasteiger partial charge in [-0.15, -0.1) is 0 Å². The van der Waals surface area contributed by atoms with Crippen molar-refractivity contribution < 1.29 is 0 Å². The van der Waals surface area contributed by atoms with E-state index in [4.69, 9.17) is 0 Å². The molecule has 0 atom stereocenters. The molecular weight excluding hydrogens is 206 g/mol. The summed E-state index contributed by atoms with van der Waals surface area (Å²) in [5.74, 6) is 1.10. The summed E-state index contributed by atoms with van der Waals surface area (Å²) >= 11 is 0. The smallest absolute Gasteiger partial charge is 0.00187 e. The van der Waals surface area contributed by atoms with Crippen LogP contribution in [0.4, 0.5) is 0 Å². The van der Waals surface area contributed by atoms with Crippen LogP contribution in [0.1, 0.15) is 77.0 Å². The highest BCUT2D eigenvalue weighted by Gasteiger charge is 2.13. The van der Waals surface area contributed by atoms with E-state index >= 15 is 0 Å². The summed E-state index contributed by atoms with van der Waals surface area (Å²) < 4.78 is 0. The van der Waals surface area contributed by atoms with E-state index in [1.54, 1.807) is 0 Å². The molecule has 2 rings (SSSR count). The monoisotopic (exact) mass is 237 g/mol. The van der Waals surface area contributed by atoms with E-state index in [9.17, 15) is 0 Å². The minimum Gasteiger partial charge on any atom is -0.303 e. The van der Waals surface area contributed by atoms with Gasteiger partial charge in [0.15, 0.2) is 0 Å². The molecule has 100 valence electrons. The molecule has 1 aliphatic carbocycles. The lowest BCUT2D eigenvalue weighted by molar-refractivity contribution is 0.222. The van der Waals surface area contributed by atoms with Crippen LogP contribution in [-0.2, 0) is 0 Å². The van der Waals surface area contributed by atoms with Crippen molar-refractivity contribution in [1.29, 1.82) is 0 Å². The Morgan fingerprint density at radius 3 is 2.18 bits per heavy atom. The summed E-state index contributed by atoms with van der Waals surface area (Å²) in [4.78, 5) is 2.68. The van der Waals surface area contributed by atoms with E-state index in [-0.39, 0.29) is 0 Å². The molecule has 1 aliphatic heterocycles. The summed E-state index contributed by atoms with van der Waals surface area (Å²) in [6, 6.07) is 0. The molecule has 17 heavy (non-hydrogen) atoms. The van der Waals surface area contributed by atoms with Crippen LogP contribution < -0.4 is 0 Å². The standard InChI is InChI=1S/C16H31N/c1-4-10-16(11-5-1)12-6-2-7-13-17-14-8-3-9-15-17/h16H,1-15H2. The Morgan fingerprint density at radius 2 is 1.41 bits per heavy atom. The van der Waals surface area contributed by atoms with Crippen molar-refractivity contribution in [1.82, 2.24) is 4.90 Å². The van der Waals surface area contributed by atoms with Crippen LogP contribution in [0.25, 0.3) is 0 Å². The van der Waals surface area contributed by atoms with Gasteiger partial charge < -0.3 is 4.90 Å². The maximum Gasteiger partial charge on any atom is -0.00187 e. The number of hydrogen-bond acceptors (Lipinski definition) is 1. The minimum absolute atomic E-state index is 1.10. The lowest BCUT2D eigenvalue weighted by atomic mass is 9.85. The Morgan fingerprint density at radius 1 is 0.706 bits per heavy atom. The quantitative estimate of drug-likeness (QED) is 0.610. The average molecular weight is 237 g/mol. The normalized spacial score (nSPS) is 24.0. The fraction of sp³-hybridized carbons (Fsp3) is 1.00. The molecule has 0 aromatic carbocycles. The van der Waals surface area contributed by atoms with Gasteiger partial charge in [0.25, 0.3) is 0 Å². The molecule has 0 aromatic rings. The first-order valence-electron chi connectivity index (χ1n) is 8.17. The highest BCUT2D eigenvalue weighted by molar-refractivity contribution is 4.67. The largest absolute Gasteiger partial charge is 0.303 e. The second-order valence-electron chi connectivity index (χ2n) is 6.26. The van der Waals surface area contributed by atoms with Gasteiger partial charge in [0.1, 0.15) is 0 Å². The molecule has 0 spiro atoms. The SMILES string of the molecule is C1CCC(CCCCCN2CCCCC2)CC1. The molecule has 1 heteroatoms. The number of nitrogens with zero attached hydrogens (tertiary/aromatic N) is 1. The first kappa shape index (κ1) is 13.4. The predicted molar refractivity (Wildman–Crippen MR) is 75.3 cm³/mol. The van der Waals surface area contributed by atoms with Crippen LogP contribution in [0.3, 0.4) is 0 Å². The molecule has 0 bridgehead atoms. The Kier molecular flexibility index (Phi) is 6.41. The van der Waals surface area contributed by atoms with Crippen molar-refractivity contribution in [2.75, 3.05) is 19.6 Å². The summed E-state index contributed by atoms with van der Waals surface area (Å²) in [5.41, 5.74) is 0. The molecule has 0 radical (unpaired) electrons. The van der Waals surface area contributed by atoms with Crippen LogP contribution in [0.15, 0.2) is 0 Å². The molecule has 0 N–H and O–H groups in total. The van der Waals surface area contributed by atoms with E-state index < -0.39 is 0 Å². The number of likely N-dealkylation sites (tertiary alicyclic amines) is 1. The van der Waals surface area contributed by atoms with Gasteiger partial charge in [-0.25, -0.2) is 0 Å². The zero-order chi connectivity index (χ0) is 11.8. The van der Waals surface area contributed by atoms with Gasteiger partial charge in [0, 0.05) is 0 Å². The van der Waals surface area contributed by atoms with Gasteiger partial charge in [-0.3, -0.25) is 0 Å². The fourth-order valence-corrected chi connectivity index (χ4v) is 3.60. The third-order valence-corrected chi connectivity index (χ3v) is 4.76. The number of rotatable bonds is 6. The molecule has 0 aromatic heterocycles. The third kappa shape index (κ3) is 5.42. The second kappa shape index (κ2) is 8.13. The van der Waals surface area contributed by atoms with E-state index in [2.05, 4.69) is 4.90 Å². The first-order chi connectivity index (χ1) is 8.45. The first-order valence-corrected chi connectivity index (χ1v) is 8.17. The number of piperidine rings is 1. The van der Waals surface area contributed by atoms with Crippen molar-refractivity contribution >= 4 is 0 Å². The van der Waals surface area contributed by atoms with Crippen molar-refractivity contribution in [2.24, 2.45) is 5.92 Å². The molecule has 0 unspecified atom stereocenters. The Balaban J connectivity index is 1.42. The van der Waals surface area contributed by atoms with Crippen LogP contribution in [0, 0.1) is 5.92 Å². The Labute approximate surface area is 108 Å². The van der Waals surface area contributed by atoms with Crippen molar-refractivity contribution in [3.05, 3.63) is 0 Å². The van der Waals surface area contributed by atoms with E-state index in [1.165, 1.54) is 96.7 Å². The lowest BCUT2D eigenvalue weighted by Crippen LogP contribution is -2.30. The average Bonchev–Trinajstić information content (AvgIpc) is 2.41. The minimum atomic E-state index is 1.10. The van der Waals surface area contributed by atoms with Gasteiger partial charge in [-0.2, -0.15) is 0 Å². The summed E-state index contributed by atoms with van der Waals surface area (Å²) in [6.07, 6.45) is 17.9. The van der Waals surface area contributed by atoms with Crippen molar-refractivity contribution in [3.63, 3.8) is 0 Å². The molecule has 2 fully saturated rings. The Bertz CT molecular complexity index is 158. The third-order valence-electron chi connectivity index (χ3n) is 4.76. The van der Waals surface area contributed by atoms with Gasteiger partial charge in [-0.1, -0.05) is 57.8 Å². The van der Waals surface area contributed by atoms with Gasteiger partial charge in [-0.05, 0) is 44.8 Å². The molecule has 1 nitrogen and oxygen atoms in total. The molecular formula is C16H31N. The van der Waals surface area contributed by atoms with E-state index in [0.717, 1.165) is 5.92 Å². The van der Waals surface area contributed by atoms with E-state index in [1.807, 2.05) is 0 Å². The zero-order valence-electron chi connectivity index (χ0n) is 11.6. The van der Waals surface area contributed by atoms with Crippen LogP contribution in [-0.4, -0.2) is 24.5 Å². The maximum absolute atomic E-state index is 2.68. The Hall–Kier alpha value is -0.0400. The molecule has 2 aliphatic rings. The van der Waals surface area contributed by atoms with Crippen molar-refractivity contribution in [2.45, 2.75) is 77.0 Å². The van der Waals surface area contributed by atoms with Gasteiger partial charge in [0.05, 0.1) is 0 Å². The molecule has 1 saturated heterocycles. The summed E-state index contributed by atoms with van der Waals surface area (Å²) in [6.45, 7) is 4.13. The number of hydrogen-bond donors (Lipinski definition) is 0. The second-order valence-corrected chi connectivity index (χ2v) is 6.26. The van der Waals surface area contributed by atoms with Crippen LogP contribution in [0.2, 0.25) is 0 Å². The van der Waals surface area contributed by atoms with Crippen molar-refractivity contribution in [3.8, 4) is 0 Å². The number of unbranched alkanes of at least 4 members (excludes halogenated alkanes) is 2. The van der Waals surface area contributed by atoms with E-state index in [0.29, 0.717) is 0 Å². The predicted octanol–water partition coefficient (Wildman–Crippen LogP) is 4.61. The summed E-state index contributed by atoms with van der Waals surface area (Å²) in [7, 11) is 0. The molecule has 0 amide bonds. The lowest BCUT2D eigenvalue weighted by Gasteiger charge is -2.26. The highest BCUT2D eigenvalue weighted by atomic mass is 15.1. The topological polar surface area (TPSA) is 3.24 Å². The molecule has 1 saturated carbocycles. The highest BCUT2D eigenvalue weighted by Crippen LogP contribution is 2.27. The van der Waals surface area contributed by atoms with Gasteiger partial charge in [0.2, 0.25) is 0 Å². The zero-order valence-corrected chi connectivity index (χ0v) is 11.6.